The average Bonchev–Trinajstić information content (AvgIpc) is 3.43. The van der Waals surface area contributed by atoms with Crippen LogP contribution in [0.5, 0.6) is 5.75 Å². The van der Waals surface area contributed by atoms with Crippen LogP contribution in [0.25, 0.3) is 33.2 Å². The highest BCUT2D eigenvalue weighted by atomic mass is 16.3. The van der Waals surface area contributed by atoms with Crippen LogP contribution in [0.3, 0.4) is 0 Å². The number of hydrogen-bond donors (Lipinski definition) is 2. The number of carbonyl (C=O) groups excluding carboxylic acids is 1. The van der Waals surface area contributed by atoms with Gasteiger partial charge in [0.05, 0.1) is 11.7 Å². The molecule has 0 bridgehead atoms. The maximum Gasteiger partial charge on any atom is 0.273 e. The van der Waals surface area contributed by atoms with Crippen LogP contribution in [-0.4, -0.2) is 47.7 Å². The molecule has 8 heteroatoms. The van der Waals surface area contributed by atoms with Crippen LogP contribution in [0.4, 0.5) is 0 Å². The van der Waals surface area contributed by atoms with Gasteiger partial charge >= 0.3 is 0 Å². The molecule has 0 unspecified atom stereocenters. The van der Waals surface area contributed by atoms with Crippen molar-refractivity contribution in [3.05, 3.63) is 71.3 Å². The van der Waals surface area contributed by atoms with Crippen LogP contribution in [0.1, 0.15) is 34.2 Å². The number of phenolic OH excluding ortho intramolecular Hbond substituents is 1. The van der Waals surface area contributed by atoms with Gasteiger partial charge < -0.3 is 15.0 Å². The summed E-state index contributed by atoms with van der Waals surface area (Å²) >= 11 is 0. The Morgan fingerprint density at radius 3 is 2.74 bits per heavy atom. The number of aryl methyl sites for hydroxylation is 2. The summed E-state index contributed by atoms with van der Waals surface area (Å²) in [7, 11) is 1.75. The van der Waals surface area contributed by atoms with E-state index in [1.54, 1.807) is 36.3 Å². The Labute approximate surface area is 196 Å². The third kappa shape index (κ3) is 3.67. The Morgan fingerprint density at radius 1 is 1.15 bits per heavy atom. The summed E-state index contributed by atoms with van der Waals surface area (Å²) in [4.78, 5) is 27.9. The molecule has 3 heterocycles. The summed E-state index contributed by atoms with van der Waals surface area (Å²) in [6.07, 6.45) is 3.69. The number of H-pyrrole nitrogens is 1. The maximum absolute atomic E-state index is 13.6. The number of aromatic amines is 1. The van der Waals surface area contributed by atoms with E-state index >= 15 is 0 Å². The lowest BCUT2D eigenvalue weighted by molar-refractivity contribution is 0.0781. The number of phenols is 1. The zero-order valence-corrected chi connectivity index (χ0v) is 19.6. The minimum absolute atomic E-state index is 0.0598. The quantitative estimate of drug-likeness (QED) is 0.405. The molecule has 0 radical (unpaired) electrons. The SMILES string of the molecule is CCn1ncc(CN(C)C(=O)c2nc(-c3cc4[nH]ccc4cc3C)nc3ccc(O)cc23)c1C. The van der Waals surface area contributed by atoms with Gasteiger partial charge in [-0.3, -0.25) is 9.48 Å². The predicted molar refractivity (Wildman–Crippen MR) is 132 cm³/mol. The fourth-order valence-electron chi connectivity index (χ4n) is 4.32. The Balaban J connectivity index is 1.61. The van der Waals surface area contributed by atoms with E-state index < -0.39 is 0 Å². The second-order valence-electron chi connectivity index (χ2n) is 8.56. The molecule has 0 aliphatic rings. The van der Waals surface area contributed by atoms with E-state index in [1.807, 2.05) is 43.8 Å². The van der Waals surface area contributed by atoms with Crippen molar-refractivity contribution >= 4 is 27.7 Å². The van der Waals surface area contributed by atoms with E-state index in [0.29, 0.717) is 23.3 Å². The van der Waals surface area contributed by atoms with E-state index in [9.17, 15) is 9.90 Å². The molecule has 3 aromatic heterocycles. The molecular weight excluding hydrogens is 428 g/mol. The van der Waals surface area contributed by atoms with Crippen LogP contribution >= 0.6 is 0 Å². The van der Waals surface area contributed by atoms with Crippen LogP contribution < -0.4 is 0 Å². The number of fused-ring (bicyclic) bond motifs is 2. The molecule has 2 aromatic carbocycles. The van der Waals surface area contributed by atoms with Crippen molar-refractivity contribution < 1.29 is 9.90 Å². The van der Waals surface area contributed by atoms with E-state index in [2.05, 4.69) is 16.1 Å². The zero-order chi connectivity index (χ0) is 24.0. The Bertz CT molecular complexity index is 1550. The number of rotatable bonds is 5. The molecule has 5 rings (SSSR count). The second kappa shape index (κ2) is 8.30. The van der Waals surface area contributed by atoms with Crippen molar-refractivity contribution in [2.75, 3.05) is 7.05 Å². The molecule has 2 N–H and O–H groups in total. The lowest BCUT2D eigenvalue weighted by Crippen LogP contribution is -2.27. The number of aromatic hydroxyl groups is 1. The number of nitrogens with zero attached hydrogens (tertiary/aromatic N) is 5. The molecule has 0 aliphatic heterocycles. The first-order valence-electron chi connectivity index (χ1n) is 11.2. The Kier molecular flexibility index (Phi) is 5.28. The number of hydrogen-bond acceptors (Lipinski definition) is 5. The highest BCUT2D eigenvalue weighted by Crippen LogP contribution is 2.30. The first-order chi connectivity index (χ1) is 16.4. The third-order valence-electron chi connectivity index (χ3n) is 6.28. The predicted octanol–water partition coefficient (Wildman–Crippen LogP) is 4.59. The standard InChI is InChI=1S/C26H26N6O2/c1-5-32-16(3)18(13-28-32)14-31(4)26(34)24-21-11-19(33)6-7-22(21)29-25(30-24)20-12-23-17(8-9-27-23)10-15(20)2/h6-13,27,33H,5,14H2,1-4H3. The lowest BCUT2D eigenvalue weighted by Gasteiger charge is -2.18. The molecule has 0 saturated heterocycles. The van der Waals surface area contributed by atoms with Crippen molar-refractivity contribution in [1.82, 2.24) is 29.6 Å². The van der Waals surface area contributed by atoms with E-state index in [-0.39, 0.29) is 17.4 Å². The summed E-state index contributed by atoms with van der Waals surface area (Å²) < 4.78 is 1.91. The van der Waals surface area contributed by atoms with E-state index in [4.69, 9.17) is 9.97 Å². The van der Waals surface area contributed by atoms with Crippen LogP contribution in [0.2, 0.25) is 0 Å². The maximum atomic E-state index is 13.6. The summed E-state index contributed by atoms with van der Waals surface area (Å²) in [5.41, 5.74) is 5.70. The van der Waals surface area contributed by atoms with Crippen molar-refractivity contribution in [1.29, 1.82) is 0 Å². The highest BCUT2D eigenvalue weighted by Gasteiger charge is 2.22. The molecule has 0 saturated carbocycles. The van der Waals surface area contributed by atoms with Crippen molar-refractivity contribution in [3.8, 4) is 17.1 Å². The number of carbonyl (C=O) groups is 1. The molecule has 5 aromatic rings. The van der Waals surface area contributed by atoms with Gasteiger partial charge in [0.15, 0.2) is 5.82 Å². The summed E-state index contributed by atoms with van der Waals surface area (Å²) in [5, 5.41) is 16.1. The van der Waals surface area contributed by atoms with E-state index in [0.717, 1.165) is 39.8 Å². The normalized spacial score (nSPS) is 11.4. The van der Waals surface area contributed by atoms with E-state index in [1.165, 1.54) is 0 Å². The van der Waals surface area contributed by atoms with Crippen LogP contribution in [0, 0.1) is 13.8 Å². The first kappa shape index (κ1) is 21.6. The minimum Gasteiger partial charge on any atom is -0.508 e. The molecule has 0 atom stereocenters. The largest absolute Gasteiger partial charge is 0.508 e. The monoisotopic (exact) mass is 454 g/mol. The smallest absolute Gasteiger partial charge is 0.273 e. The topological polar surface area (TPSA) is 99.9 Å². The molecular formula is C26H26N6O2. The number of aromatic nitrogens is 5. The number of amides is 1. The molecule has 0 spiro atoms. The Hall–Kier alpha value is -4.20. The molecule has 0 aliphatic carbocycles. The first-order valence-corrected chi connectivity index (χ1v) is 11.2. The summed E-state index contributed by atoms with van der Waals surface area (Å²) in [5.74, 6) is 0.282. The molecule has 172 valence electrons. The fraction of sp³-hybridized carbons (Fsp3) is 0.231. The minimum atomic E-state index is -0.249. The van der Waals surface area contributed by atoms with Crippen molar-refractivity contribution in [3.63, 3.8) is 0 Å². The summed E-state index contributed by atoms with van der Waals surface area (Å²) in [6.45, 7) is 7.21. The van der Waals surface area contributed by atoms with Crippen molar-refractivity contribution in [2.45, 2.75) is 33.9 Å². The second-order valence-corrected chi connectivity index (χ2v) is 8.56. The van der Waals surface area contributed by atoms with Gasteiger partial charge in [-0.1, -0.05) is 0 Å². The van der Waals surface area contributed by atoms with Gasteiger partial charge in [-0.25, -0.2) is 9.97 Å². The summed E-state index contributed by atoms with van der Waals surface area (Å²) in [6, 6.07) is 10.9. The molecule has 8 nitrogen and oxygen atoms in total. The third-order valence-corrected chi connectivity index (χ3v) is 6.28. The zero-order valence-electron chi connectivity index (χ0n) is 19.6. The van der Waals surface area contributed by atoms with Gasteiger partial charge in [0.1, 0.15) is 11.4 Å². The number of benzene rings is 2. The fourth-order valence-corrected chi connectivity index (χ4v) is 4.32. The lowest BCUT2D eigenvalue weighted by atomic mass is 10.0. The van der Waals surface area contributed by atoms with Gasteiger partial charge in [0.2, 0.25) is 0 Å². The van der Waals surface area contributed by atoms with Crippen LogP contribution in [0.15, 0.2) is 48.8 Å². The van der Waals surface area contributed by atoms with Gasteiger partial charge in [-0.15, -0.1) is 0 Å². The molecule has 1 amide bonds. The number of nitrogens with one attached hydrogen (secondary N) is 1. The molecule has 34 heavy (non-hydrogen) atoms. The highest BCUT2D eigenvalue weighted by molar-refractivity contribution is 6.05. The van der Waals surface area contributed by atoms with Gasteiger partial charge in [0, 0.05) is 54.1 Å². The average molecular weight is 455 g/mol. The molecule has 0 fully saturated rings. The van der Waals surface area contributed by atoms with Crippen molar-refractivity contribution in [2.24, 2.45) is 0 Å². The van der Waals surface area contributed by atoms with Gasteiger partial charge in [-0.05, 0) is 68.1 Å². The van der Waals surface area contributed by atoms with Crippen LogP contribution in [-0.2, 0) is 13.1 Å². The Morgan fingerprint density at radius 2 is 1.97 bits per heavy atom. The van der Waals surface area contributed by atoms with Gasteiger partial charge in [0.25, 0.3) is 5.91 Å². The van der Waals surface area contributed by atoms with Gasteiger partial charge in [-0.2, -0.15) is 5.10 Å².